The van der Waals surface area contributed by atoms with Gasteiger partial charge in [0.25, 0.3) is 0 Å². The van der Waals surface area contributed by atoms with Gasteiger partial charge in [-0.1, -0.05) is 47.9 Å². The molecule has 2 unspecified atom stereocenters. The Hall–Kier alpha value is -3.90. The van der Waals surface area contributed by atoms with Crippen molar-refractivity contribution in [1.82, 2.24) is 9.97 Å². The first-order valence-corrected chi connectivity index (χ1v) is 12.5. The normalized spacial score (nSPS) is 15.7. The Morgan fingerprint density at radius 1 is 1.08 bits per heavy atom. The number of carbonyl (C=O) groups is 1. The zero-order valence-corrected chi connectivity index (χ0v) is 21.2. The second kappa shape index (κ2) is 10.6. The molecule has 2 aromatic carbocycles. The van der Waals surface area contributed by atoms with E-state index in [2.05, 4.69) is 15.1 Å². The molecule has 5 nitrogen and oxygen atoms in total. The zero-order chi connectivity index (χ0) is 25.9. The zero-order valence-electron chi connectivity index (χ0n) is 20.5. The second-order valence-electron chi connectivity index (χ2n) is 9.32. The highest BCUT2D eigenvalue weighted by Gasteiger charge is 2.26. The summed E-state index contributed by atoms with van der Waals surface area (Å²) < 4.78 is 15.0. The van der Waals surface area contributed by atoms with Crippen LogP contribution in [0.4, 0.5) is 4.39 Å². The fraction of sp³-hybridized carbons (Fsp3) is 0.200. The fourth-order valence-electron chi connectivity index (χ4n) is 4.43. The molecule has 1 aliphatic rings. The van der Waals surface area contributed by atoms with Crippen molar-refractivity contribution in [3.8, 4) is 11.1 Å². The molecule has 3 heterocycles. The predicted molar refractivity (Wildman–Crippen MR) is 142 cm³/mol. The molecule has 0 radical (unpaired) electrons. The van der Waals surface area contributed by atoms with Crippen LogP contribution in [0.2, 0.25) is 5.15 Å². The Morgan fingerprint density at radius 2 is 1.92 bits per heavy atom. The van der Waals surface area contributed by atoms with Crippen molar-refractivity contribution < 1.29 is 14.0 Å². The standard InChI is InChI=1S/C30H25ClFN3O2/c1-18-6-8-24(25(32)11-18)21-13-22(27-16-29(37-35-27)26-5-3-4-10-33-26)15-23(14-21)28(36)12-19(2)20-7-9-30(31)34-17-20/h3-11,13-15,17,19,29H,12,16H2,1-2H3. The van der Waals surface area contributed by atoms with E-state index < -0.39 is 0 Å². The topological polar surface area (TPSA) is 64.4 Å². The number of rotatable bonds is 7. The minimum absolute atomic E-state index is 0.0566. The maximum absolute atomic E-state index is 15.0. The highest BCUT2D eigenvalue weighted by atomic mass is 35.5. The third-order valence-electron chi connectivity index (χ3n) is 6.52. The van der Waals surface area contributed by atoms with Crippen molar-refractivity contribution in [2.24, 2.45) is 5.16 Å². The number of benzene rings is 2. The number of pyridine rings is 2. The Kier molecular flexibility index (Phi) is 7.10. The first kappa shape index (κ1) is 24.8. The summed E-state index contributed by atoms with van der Waals surface area (Å²) in [6.45, 7) is 3.81. The van der Waals surface area contributed by atoms with Gasteiger partial charge in [0, 0.05) is 41.9 Å². The molecule has 0 bridgehead atoms. The van der Waals surface area contributed by atoms with Gasteiger partial charge in [0.1, 0.15) is 11.0 Å². The van der Waals surface area contributed by atoms with Crippen LogP contribution in [-0.4, -0.2) is 21.5 Å². The van der Waals surface area contributed by atoms with Gasteiger partial charge in [-0.3, -0.25) is 9.78 Å². The smallest absolute Gasteiger partial charge is 0.174 e. The summed E-state index contributed by atoms with van der Waals surface area (Å²) in [6.07, 6.45) is 3.85. The number of hydrogen-bond donors (Lipinski definition) is 0. The van der Waals surface area contributed by atoms with Crippen molar-refractivity contribution in [3.63, 3.8) is 0 Å². The van der Waals surface area contributed by atoms with Crippen LogP contribution in [0, 0.1) is 12.7 Å². The maximum atomic E-state index is 15.0. The average Bonchev–Trinajstić information content (AvgIpc) is 3.40. The van der Waals surface area contributed by atoms with E-state index in [0.717, 1.165) is 22.4 Å². The van der Waals surface area contributed by atoms with Crippen LogP contribution in [0.25, 0.3) is 11.1 Å². The van der Waals surface area contributed by atoms with Crippen LogP contribution in [0.3, 0.4) is 0 Å². The summed E-state index contributed by atoms with van der Waals surface area (Å²) in [5, 5.41) is 4.71. The number of carbonyl (C=O) groups excluding carboxylic acids is 1. The Morgan fingerprint density at radius 3 is 2.65 bits per heavy atom. The minimum Gasteiger partial charge on any atom is -0.385 e. The molecule has 0 aliphatic carbocycles. The summed E-state index contributed by atoms with van der Waals surface area (Å²) in [5.74, 6) is -0.466. The number of nitrogens with zero attached hydrogens (tertiary/aromatic N) is 3. The van der Waals surface area contributed by atoms with Gasteiger partial charge in [0.15, 0.2) is 11.9 Å². The number of aromatic nitrogens is 2. The first-order chi connectivity index (χ1) is 17.9. The van der Waals surface area contributed by atoms with Crippen LogP contribution in [0.1, 0.15) is 64.5 Å². The molecule has 7 heteroatoms. The lowest BCUT2D eigenvalue weighted by Gasteiger charge is -2.14. The number of hydrogen-bond acceptors (Lipinski definition) is 5. The summed E-state index contributed by atoms with van der Waals surface area (Å²) in [6, 6.07) is 19.7. The molecule has 0 saturated heterocycles. The first-order valence-electron chi connectivity index (χ1n) is 12.1. The summed E-state index contributed by atoms with van der Waals surface area (Å²) in [4.78, 5) is 27.6. The molecule has 1 aliphatic heterocycles. The number of halogens is 2. The van der Waals surface area contributed by atoms with Crippen LogP contribution in [0.15, 0.2) is 84.3 Å². The molecule has 186 valence electrons. The van der Waals surface area contributed by atoms with Gasteiger partial charge < -0.3 is 4.84 Å². The highest BCUT2D eigenvalue weighted by Crippen LogP contribution is 2.32. The van der Waals surface area contributed by atoms with Gasteiger partial charge in [0.2, 0.25) is 0 Å². The number of ketones is 1. The van der Waals surface area contributed by atoms with E-state index in [4.69, 9.17) is 16.4 Å². The second-order valence-corrected chi connectivity index (χ2v) is 9.70. The van der Waals surface area contributed by atoms with E-state index in [1.165, 1.54) is 6.07 Å². The Labute approximate surface area is 220 Å². The minimum atomic E-state index is -0.341. The lowest BCUT2D eigenvalue weighted by Crippen LogP contribution is -2.09. The Bertz CT molecular complexity index is 1470. The fourth-order valence-corrected chi connectivity index (χ4v) is 4.54. The number of aryl methyl sites for hydroxylation is 1. The third kappa shape index (κ3) is 5.59. The van der Waals surface area contributed by atoms with Gasteiger partial charge in [-0.15, -0.1) is 0 Å². The molecule has 2 aromatic heterocycles. The number of oxime groups is 1. The third-order valence-corrected chi connectivity index (χ3v) is 6.74. The number of Topliss-reactive ketones (excluding diaryl/α,β-unsaturated/α-hetero) is 1. The van der Waals surface area contributed by atoms with E-state index in [1.54, 1.807) is 30.6 Å². The van der Waals surface area contributed by atoms with Gasteiger partial charge >= 0.3 is 0 Å². The molecular formula is C30H25ClFN3O2. The maximum Gasteiger partial charge on any atom is 0.174 e. The van der Waals surface area contributed by atoms with Crippen molar-refractivity contribution >= 4 is 23.1 Å². The van der Waals surface area contributed by atoms with E-state index in [1.807, 2.05) is 56.3 Å². The molecule has 0 spiro atoms. The molecular weight excluding hydrogens is 489 g/mol. The largest absolute Gasteiger partial charge is 0.385 e. The summed E-state index contributed by atoms with van der Waals surface area (Å²) in [7, 11) is 0. The highest BCUT2D eigenvalue weighted by molar-refractivity contribution is 6.29. The predicted octanol–water partition coefficient (Wildman–Crippen LogP) is 7.49. The van der Waals surface area contributed by atoms with Crippen LogP contribution in [-0.2, 0) is 4.84 Å². The molecule has 0 amide bonds. The SMILES string of the molecule is Cc1ccc(-c2cc(C(=O)CC(C)c3ccc(Cl)nc3)cc(C3=NOC(c4ccccn4)C3)c2)c(F)c1. The lowest BCUT2D eigenvalue weighted by molar-refractivity contribution is 0.0826. The van der Waals surface area contributed by atoms with Crippen molar-refractivity contribution in [1.29, 1.82) is 0 Å². The molecule has 4 aromatic rings. The molecule has 0 N–H and O–H groups in total. The van der Waals surface area contributed by atoms with Crippen molar-refractivity contribution in [2.75, 3.05) is 0 Å². The molecule has 2 atom stereocenters. The van der Waals surface area contributed by atoms with E-state index >= 15 is 0 Å². The lowest BCUT2D eigenvalue weighted by atomic mass is 9.90. The van der Waals surface area contributed by atoms with Gasteiger partial charge in [-0.25, -0.2) is 9.37 Å². The summed E-state index contributed by atoms with van der Waals surface area (Å²) in [5.41, 5.74) is 5.47. The molecule has 37 heavy (non-hydrogen) atoms. The quantitative estimate of drug-likeness (QED) is 0.190. The average molecular weight is 514 g/mol. The van der Waals surface area contributed by atoms with Crippen molar-refractivity contribution in [2.45, 2.75) is 38.7 Å². The van der Waals surface area contributed by atoms with E-state index in [-0.39, 0.29) is 30.0 Å². The van der Waals surface area contributed by atoms with Crippen LogP contribution < -0.4 is 0 Å². The molecule has 0 saturated carbocycles. The van der Waals surface area contributed by atoms with Gasteiger partial charge in [-0.2, -0.15) is 0 Å². The summed E-state index contributed by atoms with van der Waals surface area (Å²) >= 11 is 5.91. The van der Waals surface area contributed by atoms with Crippen LogP contribution in [0.5, 0.6) is 0 Å². The molecule has 0 fully saturated rings. The molecule has 5 rings (SSSR count). The van der Waals surface area contributed by atoms with Crippen LogP contribution >= 0.6 is 11.6 Å². The van der Waals surface area contributed by atoms with E-state index in [0.29, 0.717) is 34.0 Å². The van der Waals surface area contributed by atoms with E-state index in [9.17, 15) is 9.18 Å². The monoisotopic (exact) mass is 513 g/mol. The van der Waals surface area contributed by atoms with Crippen molar-refractivity contribution in [3.05, 3.63) is 118 Å². The Balaban J connectivity index is 1.48. The van der Waals surface area contributed by atoms with Gasteiger partial charge in [-0.05, 0) is 72.0 Å². The van der Waals surface area contributed by atoms with Gasteiger partial charge in [0.05, 0.1) is 11.4 Å².